The SMILES string of the molecule is CNC(=O)/C(=N\OCF)c1ccccc1Oc1ncnc(Oc2ccccc2OC(F)F)c1F. The second-order valence-electron chi connectivity index (χ2n) is 6.08. The fourth-order valence-electron chi connectivity index (χ4n) is 2.59. The highest BCUT2D eigenvalue weighted by atomic mass is 19.3. The molecular formula is C21H16F4N4O5. The fourth-order valence-corrected chi connectivity index (χ4v) is 2.59. The molecule has 1 heterocycles. The molecule has 0 saturated heterocycles. The smallest absolute Gasteiger partial charge is 0.387 e. The summed E-state index contributed by atoms with van der Waals surface area (Å²) in [5.74, 6) is -3.83. The van der Waals surface area contributed by atoms with Crippen molar-refractivity contribution in [2.75, 3.05) is 13.9 Å². The van der Waals surface area contributed by atoms with Crippen molar-refractivity contribution >= 4 is 11.6 Å². The predicted molar refractivity (Wildman–Crippen MR) is 109 cm³/mol. The lowest BCUT2D eigenvalue weighted by Crippen LogP contribution is -2.29. The van der Waals surface area contributed by atoms with Crippen LogP contribution in [0, 0.1) is 5.82 Å². The molecule has 9 nitrogen and oxygen atoms in total. The number of rotatable bonds is 10. The van der Waals surface area contributed by atoms with Gasteiger partial charge in [0.15, 0.2) is 17.2 Å². The Morgan fingerprint density at radius 2 is 1.59 bits per heavy atom. The third kappa shape index (κ3) is 5.88. The van der Waals surface area contributed by atoms with Crippen LogP contribution in [0.5, 0.6) is 29.0 Å². The minimum Gasteiger partial charge on any atom is -0.436 e. The topological polar surface area (TPSA) is 104 Å². The average Bonchev–Trinajstić information content (AvgIpc) is 2.83. The molecule has 0 fully saturated rings. The number of hydrogen-bond acceptors (Lipinski definition) is 8. The van der Waals surface area contributed by atoms with E-state index < -0.39 is 37.0 Å². The molecule has 2 aromatic carbocycles. The third-order valence-corrected chi connectivity index (χ3v) is 3.99. The van der Waals surface area contributed by atoms with E-state index in [2.05, 4.69) is 30.0 Å². The van der Waals surface area contributed by atoms with Gasteiger partial charge >= 0.3 is 6.61 Å². The van der Waals surface area contributed by atoms with E-state index in [-0.39, 0.29) is 28.5 Å². The highest BCUT2D eigenvalue weighted by Gasteiger charge is 2.22. The number of ether oxygens (including phenoxy) is 3. The van der Waals surface area contributed by atoms with Gasteiger partial charge in [0.25, 0.3) is 24.5 Å². The molecule has 0 bridgehead atoms. The molecule has 3 rings (SSSR count). The third-order valence-electron chi connectivity index (χ3n) is 3.99. The second kappa shape index (κ2) is 11.4. The summed E-state index contributed by atoms with van der Waals surface area (Å²) >= 11 is 0. The van der Waals surface area contributed by atoms with Crippen LogP contribution < -0.4 is 19.5 Å². The van der Waals surface area contributed by atoms with Crippen molar-refractivity contribution in [3.8, 4) is 29.0 Å². The van der Waals surface area contributed by atoms with Gasteiger partial charge in [0.2, 0.25) is 5.82 Å². The Bertz CT molecular complexity index is 1180. The zero-order valence-electron chi connectivity index (χ0n) is 17.4. The number of benzene rings is 2. The summed E-state index contributed by atoms with van der Waals surface area (Å²) in [4.78, 5) is 23.9. The maximum Gasteiger partial charge on any atom is 0.387 e. The second-order valence-corrected chi connectivity index (χ2v) is 6.08. The van der Waals surface area contributed by atoms with Gasteiger partial charge in [-0.3, -0.25) is 4.79 Å². The van der Waals surface area contributed by atoms with Crippen LogP contribution in [-0.2, 0) is 9.63 Å². The Labute approximate surface area is 189 Å². The molecule has 13 heteroatoms. The van der Waals surface area contributed by atoms with Gasteiger partial charge in [-0.15, -0.1) is 0 Å². The molecule has 3 aromatic rings. The van der Waals surface area contributed by atoms with Crippen molar-refractivity contribution in [2.24, 2.45) is 5.16 Å². The van der Waals surface area contributed by atoms with Gasteiger partial charge in [-0.05, 0) is 24.3 Å². The van der Waals surface area contributed by atoms with Crippen LogP contribution in [0.3, 0.4) is 0 Å². The van der Waals surface area contributed by atoms with Crippen LogP contribution in [-0.4, -0.2) is 42.1 Å². The normalized spacial score (nSPS) is 11.2. The monoisotopic (exact) mass is 480 g/mol. The van der Waals surface area contributed by atoms with Gasteiger partial charge in [-0.25, -0.2) is 4.39 Å². The van der Waals surface area contributed by atoms with Crippen molar-refractivity contribution in [3.63, 3.8) is 0 Å². The maximum atomic E-state index is 15.1. The fraction of sp³-hybridized carbons (Fsp3) is 0.143. The molecule has 0 atom stereocenters. The number of halogens is 4. The summed E-state index contributed by atoms with van der Waals surface area (Å²) in [6, 6.07) is 11.2. The van der Waals surface area contributed by atoms with Crippen LogP contribution in [0.4, 0.5) is 17.6 Å². The summed E-state index contributed by atoms with van der Waals surface area (Å²) in [7, 11) is 1.32. The predicted octanol–water partition coefficient (Wildman–Crippen LogP) is 4.20. The Hall–Kier alpha value is -4.42. The molecule has 0 aliphatic heterocycles. The number of hydrogen-bond donors (Lipinski definition) is 1. The number of oxime groups is 1. The van der Waals surface area contributed by atoms with Crippen molar-refractivity contribution in [1.82, 2.24) is 15.3 Å². The number of amides is 1. The van der Waals surface area contributed by atoms with E-state index in [9.17, 15) is 18.0 Å². The highest BCUT2D eigenvalue weighted by Crippen LogP contribution is 2.35. The van der Waals surface area contributed by atoms with Crippen LogP contribution in [0.2, 0.25) is 0 Å². The summed E-state index contributed by atoms with van der Waals surface area (Å²) in [5.41, 5.74) is -0.314. The zero-order valence-corrected chi connectivity index (χ0v) is 17.4. The molecule has 0 radical (unpaired) electrons. The van der Waals surface area contributed by atoms with Crippen LogP contribution in [0.1, 0.15) is 5.56 Å². The lowest BCUT2D eigenvalue weighted by atomic mass is 10.1. The number of para-hydroxylation sites is 3. The zero-order chi connectivity index (χ0) is 24.5. The lowest BCUT2D eigenvalue weighted by Gasteiger charge is -2.14. The number of likely N-dealkylation sites (N-methyl/N-ethyl adjacent to an activating group) is 1. The van der Waals surface area contributed by atoms with E-state index in [4.69, 9.17) is 9.47 Å². The van der Waals surface area contributed by atoms with Gasteiger partial charge in [-0.1, -0.05) is 29.4 Å². The largest absolute Gasteiger partial charge is 0.436 e. The van der Waals surface area contributed by atoms with E-state index >= 15 is 4.39 Å². The quantitative estimate of drug-likeness (QED) is 0.264. The van der Waals surface area contributed by atoms with Gasteiger partial charge in [0.1, 0.15) is 12.1 Å². The Morgan fingerprint density at radius 1 is 1.00 bits per heavy atom. The first-order valence-corrected chi connectivity index (χ1v) is 9.42. The van der Waals surface area contributed by atoms with Crippen LogP contribution in [0.25, 0.3) is 0 Å². The first-order chi connectivity index (χ1) is 16.4. The Morgan fingerprint density at radius 3 is 2.21 bits per heavy atom. The Kier molecular flexibility index (Phi) is 8.16. The van der Waals surface area contributed by atoms with E-state index in [0.717, 1.165) is 6.33 Å². The molecule has 178 valence electrons. The van der Waals surface area contributed by atoms with Gasteiger partial charge in [0.05, 0.1) is 5.56 Å². The molecule has 34 heavy (non-hydrogen) atoms. The molecule has 0 unspecified atom stereocenters. The van der Waals surface area contributed by atoms with Crippen molar-refractivity contribution < 1.29 is 41.4 Å². The molecule has 1 N–H and O–H groups in total. The van der Waals surface area contributed by atoms with Crippen molar-refractivity contribution in [3.05, 3.63) is 66.2 Å². The first-order valence-electron chi connectivity index (χ1n) is 9.42. The van der Waals surface area contributed by atoms with Crippen molar-refractivity contribution in [1.29, 1.82) is 0 Å². The lowest BCUT2D eigenvalue weighted by molar-refractivity contribution is -0.114. The van der Waals surface area contributed by atoms with E-state index in [1.54, 1.807) is 0 Å². The molecule has 0 spiro atoms. The summed E-state index contributed by atoms with van der Waals surface area (Å²) in [6.45, 7) is -4.42. The molecular weight excluding hydrogens is 464 g/mol. The minimum atomic E-state index is -3.13. The molecule has 0 aliphatic carbocycles. The summed E-state index contributed by atoms with van der Waals surface area (Å²) in [6.07, 6.45) is 0.910. The van der Waals surface area contributed by atoms with Crippen LogP contribution >= 0.6 is 0 Å². The number of alkyl halides is 3. The maximum absolute atomic E-state index is 15.1. The standard InChI is InChI=1S/C21H16F4N4O5/c1-26-18(30)17(29-31-10-22)12-6-2-3-7-13(12)32-19-16(23)20(28-11-27-19)33-14-8-4-5-9-15(14)34-21(24)25/h2-9,11,21H,10H2,1H3,(H,26,30)/b29-17-. The van der Waals surface area contributed by atoms with E-state index in [0.29, 0.717) is 0 Å². The molecule has 0 aliphatic rings. The van der Waals surface area contributed by atoms with E-state index in [1.165, 1.54) is 55.6 Å². The Balaban J connectivity index is 1.94. The highest BCUT2D eigenvalue weighted by molar-refractivity contribution is 6.45. The first kappa shape index (κ1) is 24.2. The average molecular weight is 480 g/mol. The molecule has 1 amide bonds. The van der Waals surface area contributed by atoms with Gasteiger partial charge in [-0.2, -0.15) is 23.1 Å². The van der Waals surface area contributed by atoms with E-state index in [1.807, 2.05) is 0 Å². The van der Waals surface area contributed by atoms with Crippen molar-refractivity contribution in [2.45, 2.75) is 6.61 Å². The number of aromatic nitrogens is 2. The number of carbonyl (C=O) groups is 1. The molecule has 0 saturated carbocycles. The number of carbonyl (C=O) groups excluding carboxylic acids is 1. The number of nitrogens with zero attached hydrogens (tertiary/aromatic N) is 3. The minimum absolute atomic E-state index is 0.0338. The number of nitrogens with one attached hydrogen (secondary N) is 1. The molecule has 1 aromatic heterocycles. The van der Waals surface area contributed by atoms with Gasteiger partial charge in [0, 0.05) is 7.05 Å². The van der Waals surface area contributed by atoms with Gasteiger partial charge < -0.3 is 24.4 Å². The summed E-state index contributed by atoms with van der Waals surface area (Å²) in [5, 5.41) is 5.76. The van der Waals surface area contributed by atoms with Crippen LogP contribution in [0.15, 0.2) is 60.0 Å². The summed E-state index contributed by atoms with van der Waals surface area (Å²) < 4.78 is 67.9.